The smallest absolute Gasteiger partial charge is 0.334 e. The van der Waals surface area contributed by atoms with E-state index < -0.39 is 0 Å². The van der Waals surface area contributed by atoms with E-state index in [1.165, 1.54) is 6.08 Å². The van der Waals surface area contributed by atoms with E-state index >= 15 is 0 Å². The summed E-state index contributed by atoms with van der Waals surface area (Å²) < 4.78 is 8.72. The Kier molecular flexibility index (Phi) is 5.30. The summed E-state index contributed by atoms with van der Waals surface area (Å²) >= 11 is 0. The number of nitrogens with zero attached hydrogens (tertiary/aromatic N) is 4. The molecule has 4 aromatic rings. The standard InChI is InChI=1S/C26H24N4O3/c1-3-25(31)28-15-13-21(17-28)30-23-12-14-27-16-24(23)29(26(30)32)20-8-4-18(5-9-20)19-6-10-22(33-2)11-7-19/h3-12,14,16,21H,1,13,15,17H2,2H3/t21-/m1/s1. The van der Waals surface area contributed by atoms with Crippen LogP contribution in [-0.2, 0) is 4.79 Å². The van der Waals surface area contributed by atoms with Gasteiger partial charge in [-0.05, 0) is 54.0 Å². The summed E-state index contributed by atoms with van der Waals surface area (Å²) in [5.41, 5.74) is 4.31. The molecule has 1 saturated heterocycles. The molecule has 5 rings (SSSR count). The number of fused-ring (bicyclic) bond motifs is 1. The van der Waals surface area contributed by atoms with Crippen molar-refractivity contribution in [3.05, 3.63) is 90.1 Å². The van der Waals surface area contributed by atoms with Gasteiger partial charge in [-0.15, -0.1) is 0 Å². The predicted molar refractivity (Wildman–Crippen MR) is 128 cm³/mol. The molecule has 0 saturated carbocycles. The van der Waals surface area contributed by atoms with Crippen molar-refractivity contribution < 1.29 is 9.53 Å². The highest BCUT2D eigenvalue weighted by atomic mass is 16.5. The van der Waals surface area contributed by atoms with Crippen LogP contribution in [0.15, 0.2) is 84.4 Å². The molecule has 0 bridgehead atoms. The number of benzene rings is 2. The van der Waals surface area contributed by atoms with Gasteiger partial charge in [0, 0.05) is 19.3 Å². The second kappa shape index (κ2) is 8.43. The molecule has 1 aliphatic rings. The van der Waals surface area contributed by atoms with Crippen molar-refractivity contribution in [3.8, 4) is 22.6 Å². The molecule has 1 amide bonds. The van der Waals surface area contributed by atoms with Crippen LogP contribution in [0.5, 0.6) is 5.75 Å². The van der Waals surface area contributed by atoms with Gasteiger partial charge in [-0.3, -0.25) is 18.9 Å². The van der Waals surface area contributed by atoms with E-state index in [0.717, 1.165) is 40.0 Å². The molecule has 1 atom stereocenters. The average Bonchev–Trinajstić information content (AvgIpc) is 3.46. The van der Waals surface area contributed by atoms with Gasteiger partial charge in [0.2, 0.25) is 5.91 Å². The lowest BCUT2D eigenvalue weighted by molar-refractivity contribution is -0.125. The van der Waals surface area contributed by atoms with Crippen LogP contribution in [0.3, 0.4) is 0 Å². The van der Waals surface area contributed by atoms with Crippen molar-refractivity contribution in [2.24, 2.45) is 0 Å². The summed E-state index contributed by atoms with van der Waals surface area (Å²) in [7, 11) is 1.65. The Labute approximate surface area is 191 Å². The predicted octanol–water partition coefficient (Wildman–Crippen LogP) is 3.82. The first-order valence-corrected chi connectivity index (χ1v) is 10.8. The summed E-state index contributed by atoms with van der Waals surface area (Å²) in [6, 6.07) is 17.5. The van der Waals surface area contributed by atoms with Gasteiger partial charge in [0.25, 0.3) is 0 Å². The highest BCUT2D eigenvalue weighted by Crippen LogP contribution is 2.28. The van der Waals surface area contributed by atoms with Crippen molar-refractivity contribution in [2.75, 3.05) is 20.2 Å². The first-order chi connectivity index (χ1) is 16.1. The Morgan fingerprint density at radius 3 is 2.42 bits per heavy atom. The summed E-state index contributed by atoms with van der Waals surface area (Å²) in [6.07, 6.45) is 5.45. The van der Waals surface area contributed by atoms with E-state index in [4.69, 9.17) is 4.74 Å². The Morgan fingerprint density at radius 2 is 1.76 bits per heavy atom. The van der Waals surface area contributed by atoms with Gasteiger partial charge < -0.3 is 9.64 Å². The first-order valence-electron chi connectivity index (χ1n) is 10.8. The molecule has 7 heteroatoms. The number of rotatable bonds is 5. The monoisotopic (exact) mass is 440 g/mol. The largest absolute Gasteiger partial charge is 0.497 e. The molecular formula is C26H24N4O3. The highest BCUT2D eigenvalue weighted by molar-refractivity contribution is 5.87. The molecule has 0 N–H and O–H groups in total. The van der Waals surface area contributed by atoms with E-state index in [-0.39, 0.29) is 17.6 Å². The van der Waals surface area contributed by atoms with E-state index in [2.05, 4.69) is 11.6 Å². The molecule has 33 heavy (non-hydrogen) atoms. The molecular weight excluding hydrogens is 416 g/mol. The first kappa shape index (κ1) is 20.8. The zero-order valence-electron chi connectivity index (χ0n) is 18.3. The van der Waals surface area contributed by atoms with Gasteiger partial charge in [-0.25, -0.2) is 4.79 Å². The minimum absolute atomic E-state index is 0.0916. The van der Waals surface area contributed by atoms with Crippen molar-refractivity contribution in [2.45, 2.75) is 12.5 Å². The van der Waals surface area contributed by atoms with Gasteiger partial charge in [0.15, 0.2) is 0 Å². The fourth-order valence-electron chi connectivity index (χ4n) is 4.54. The van der Waals surface area contributed by atoms with Crippen LogP contribution in [-0.4, -0.2) is 45.1 Å². The number of methoxy groups -OCH3 is 1. The number of hydrogen-bond donors (Lipinski definition) is 0. The third-order valence-electron chi connectivity index (χ3n) is 6.24. The molecule has 2 aromatic heterocycles. The number of carbonyl (C=O) groups is 1. The minimum Gasteiger partial charge on any atom is -0.497 e. The average molecular weight is 441 g/mol. The maximum absolute atomic E-state index is 13.6. The summed E-state index contributed by atoms with van der Waals surface area (Å²) in [6.45, 7) is 4.67. The van der Waals surface area contributed by atoms with Crippen molar-refractivity contribution in [1.82, 2.24) is 19.0 Å². The van der Waals surface area contributed by atoms with Gasteiger partial charge in [-0.1, -0.05) is 30.8 Å². The fourth-order valence-corrected chi connectivity index (χ4v) is 4.54. The fraction of sp³-hybridized carbons (Fsp3) is 0.192. The number of imidazole rings is 1. The van der Waals surface area contributed by atoms with Crippen molar-refractivity contribution in [3.63, 3.8) is 0 Å². The maximum Gasteiger partial charge on any atom is 0.334 e. The molecule has 7 nitrogen and oxygen atoms in total. The number of likely N-dealkylation sites (tertiary alicyclic amines) is 1. The lowest BCUT2D eigenvalue weighted by Crippen LogP contribution is -2.31. The topological polar surface area (TPSA) is 69.4 Å². The van der Waals surface area contributed by atoms with Crippen LogP contribution < -0.4 is 10.4 Å². The zero-order valence-corrected chi connectivity index (χ0v) is 18.3. The van der Waals surface area contributed by atoms with Crippen LogP contribution in [0, 0.1) is 0 Å². The van der Waals surface area contributed by atoms with E-state index in [1.54, 1.807) is 33.5 Å². The highest BCUT2D eigenvalue weighted by Gasteiger charge is 2.29. The molecule has 0 unspecified atom stereocenters. The quantitative estimate of drug-likeness (QED) is 0.443. The van der Waals surface area contributed by atoms with E-state index in [0.29, 0.717) is 13.1 Å². The Morgan fingerprint density at radius 1 is 1.06 bits per heavy atom. The van der Waals surface area contributed by atoms with Crippen LogP contribution in [0.25, 0.3) is 27.8 Å². The number of carbonyl (C=O) groups excluding carboxylic acids is 1. The number of amides is 1. The lowest BCUT2D eigenvalue weighted by atomic mass is 10.1. The van der Waals surface area contributed by atoms with Gasteiger partial charge in [0.05, 0.1) is 36.1 Å². The summed E-state index contributed by atoms with van der Waals surface area (Å²) in [4.78, 5) is 31.6. The van der Waals surface area contributed by atoms with E-state index in [1.807, 2.05) is 54.6 Å². The van der Waals surface area contributed by atoms with Gasteiger partial charge in [0.1, 0.15) is 5.75 Å². The van der Waals surface area contributed by atoms with E-state index in [9.17, 15) is 9.59 Å². The third kappa shape index (κ3) is 3.61. The van der Waals surface area contributed by atoms with Crippen molar-refractivity contribution in [1.29, 1.82) is 0 Å². The molecule has 1 aliphatic heterocycles. The SMILES string of the molecule is C=CC(=O)N1CC[C@@H](n2c(=O)n(-c3ccc(-c4ccc(OC)cc4)cc3)c3cnccc32)C1. The molecule has 0 spiro atoms. The van der Waals surface area contributed by atoms with Gasteiger partial charge >= 0.3 is 5.69 Å². The summed E-state index contributed by atoms with van der Waals surface area (Å²) in [5, 5.41) is 0. The normalized spacial score (nSPS) is 15.7. The third-order valence-corrected chi connectivity index (χ3v) is 6.24. The number of hydrogen-bond acceptors (Lipinski definition) is 4. The minimum atomic E-state index is -0.131. The Balaban J connectivity index is 1.54. The second-order valence-electron chi connectivity index (χ2n) is 8.06. The van der Waals surface area contributed by atoms with Gasteiger partial charge in [-0.2, -0.15) is 0 Å². The van der Waals surface area contributed by atoms with Crippen molar-refractivity contribution >= 4 is 16.9 Å². The maximum atomic E-state index is 13.6. The molecule has 2 aromatic carbocycles. The number of ether oxygens (including phenoxy) is 1. The number of aromatic nitrogens is 3. The van der Waals surface area contributed by atoms with Crippen LogP contribution >= 0.6 is 0 Å². The molecule has 1 fully saturated rings. The van der Waals surface area contributed by atoms with Crippen LogP contribution in [0.4, 0.5) is 0 Å². The number of pyridine rings is 1. The zero-order chi connectivity index (χ0) is 22.9. The summed E-state index contributed by atoms with van der Waals surface area (Å²) in [5.74, 6) is 0.701. The molecule has 166 valence electrons. The molecule has 0 aliphatic carbocycles. The molecule has 0 radical (unpaired) electrons. The Bertz CT molecular complexity index is 1380. The lowest BCUT2D eigenvalue weighted by Gasteiger charge is -2.15. The molecule has 3 heterocycles. The van der Waals surface area contributed by atoms with Crippen LogP contribution in [0.1, 0.15) is 12.5 Å². The second-order valence-corrected chi connectivity index (χ2v) is 8.06. The van der Waals surface area contributed by atoms with Crippen LogP contribution in [0.2, 0.25) is 0 Å². The Hall–Kier alpha value is -4.13.